The third-order valence-electron chi connectivity index (χ3n) is 18.1. The van der Waals surface area contributed by atoms with Crippen LogP contribution >= 0.6 is 0 Å². The number of hydrogen-bond acceptors (Lipinski definition) is 1. The van der Waals surface area contributed by atoms with Crippen LogP contribution in [0.2, 0.25) is 0 Å². The molecule has 2 heteroatoms. The zero-order valence-corrected chi connectivity index (χ0v) is 45.0. The molecule has 2 aliphatic carbocycles. The second-order valence-electron chi connectivity index (χ2n) is 21.8. The predicted octanol–water partition coefficient (Wildman–Crippen LogP) is 16.4. The number of fused-ring (bicyclic) bond motifs is 10. The first-order valence-electron chi connectivity index (χ1n) is 28.0. The summed E-state index contributed by atoms with van der Waals surface area (Å²) in [6.45, 7) is 0. The fraction of sp³-hybridized carbons (Fsp3) is 0.0256. The van der Waals surface area contributed by atoms with E-state index in [-0.39, 0.29) is 0 Å². The highest BCUT2D eigenvalue weighted by atomic mass is 28.3. The van der Waals surface area contributed by atoms with Gasteiger partial charge in [0.05, 0.1) is 10.8 Å². The summed E-state index contributed by atoms with van der Waals surface area (Å²) in [6.07, 6.45) is 0. The van der Waals surface area contributed by atoms with Crippen LogP contribution in [0.4, 0.5) is 17.1 Å². The quantitative estimate of drug-likeness (QED) is 0.130. The van der Waals surface area contributed by atoms with Crippen molar-refractivity contribution >= 4 is 56.7 Å². The van der Waals surface area contributed by atoms with E-state index in [9.17, 15) is 0 Å². The van der Waals surface area contributed by atoms with Gasteiger partial charge in [-0.25, -0.2) is 0 Å². The van der Waals surface area contributed by atoms with E-state index in [0.717, 1.165) is 17.1 Å². The zero-order chi connectivity index (χ0) is 52.8. The average molecular weight is 1030 g/mol. The first-order valence-corrected chi connectivity index (χ1v) is 30.0. The molecule has 0 aromatic heterocycles. The molecule has 0 amide bonds. The molecule has 0 fully saturated rings. The summed E-state index contributed by atoms with van der Waals surface area (Å²) in [7, 11) is -2.87. The Kier molecular flexibility index (Phi) is 10.5. The highest BCUT2D eigenvalue weighted by molar-refractivity contribution is 7.22. The minimum Gasteiger partial charge on any atom is -0.310 e. The Morgan fingerprint density at radius 1 is 0.237 bits per heavy atom. The van der Waals surface area contributed by atoms with Crippen LogP contribution in [0.15, 0.2) is 322 Å². The summed E-state index contributed by atoms with van der Waals surface area (Å²) in [5, 5.41) is 8.07. The van der Waals surface area contributed by atoms with E-state index in [4.69, 9.17) is 0 Å². The van der Waals surface area contributed by atoms with E-state index in [0.29, 0.717) is 0 Å². The lowest BCUT2D eigenvalue weighted by atomic mass is 9.66. The number of anilines is 3. The topological polar surface area (TPSA) is 3.24 Å². The maximum absolute atomic E-state index is 2.87. The van der Waals surface area contributed by atoms with Crippen LogP contribution in [0.5, 0.6) is 0 Å². The van der Waals surface area contributed by atoms with Gasteiger partial charge in [-0.2, -0.15) is 0 Å². The van der Waals surface area contributed by atoms with E-state index in [1.807, 2.05) is 0 Å². The van der Waals surface area contributed by atoms with E-state index in [2.05, 4.69) is 326 Å². The van der Waals surface area contributed by atoms with Crippen LogP contribution in [-0.4, -0.2) is 8.07 Å². The van der Waals surface area contributed by atoms with Crippen molar-refractivity contribution in [1.29, 1.82) is 0 Å². The second kappa shape index (κ2) is 18.1. The molecule has 0 spiro atoms. The van der Waals surface area contributed by atoms with Crippen LogP contribution in [0.3, 0.4) is 0 Å². The fourth-order valence-electron chi connectivity index (χ4n) is 15.0. The van der Waals surface area contributed by atoms with Crippen LogP contribution in [0.1, 0.15) is 44.5 Å². The molecular weight excluding hydrogens is 979 g/mol. The van der Waals surface area contributed by atoms with Crippen LogP contribution in [0.25, 0.3) is 44.2 Å². The van der Waals surface area contributed by atoms with Crippen LogP contribution < -0.4 is 25.6 Å². The highest BCUT2D eigenvalue weighted by Crippen LogP contribution is 2.61. The SMILES string of the molecule is c1ccc(C2(c3ccccc3)c3ccccc3-c3ccc(N(c4ccc5c(c4)C(c4ccccc4)(c4cccc6c4-c4ccccc4[Si]6(c4ccccc4)c4ccccc4)c4ccccc4-5)c4ccc5ccccc5c4)cc32)cc1. The van der Waals surface area contributed by atoms with Crippen molar-refractivity contribution in [3.8, 4) is 33.4 Å². The number of benzene rings is 13. The summed E-state index contributed by atoms with van der Waals surface area (Å²) < 4.78 is 0. The first-order chi connectivity index (χ1) is 39.7. The number of rotatable bonds is 9. The summed E-state index contributed by atoms with van der Waals surface area (Å²) in [6, 6.07) is 122. The first kappa shape index (κ1) is 46.3. The third-order valence-corrected chi connectivity index (χ3v) is 22.9. The molecule has 13 aromatic rings. The minimum absolute atomic E-state index is 0.566. The molecule has 1 atom stereocenters. The highest BCUT2D eigenvalue weighted by Gasteiger charge is 2.54. The Bertz CT molecular complexity index is 4450. The molecule has 0 bridgehead atoms. The maximum Gasteiger partial charge on any atom is 0.180 e. The molecule has 0 saturated carbocycles. The van der Waals surface area contributed by atoms with E-state index < -0.39 is 18.9 Å². The fourth-order valence-corrected chi connectivity index (χ4v) is 20.2. The summed E-state index contributed by atoms with van der Waals surface area (Å²) >= 11 is 0. The Hall–Kier alpha value is -9.86. The van der Waals surface area contributed by atoms with Crippen molar-refractivity contribution in [2.24, 2.45) is 0 Å². The molecule has 0 N–H and O–H groups in total. The van der Waals surface area contributed by atoms with E-state index in [1.165, 1.54) is 109 Å². The van der Waals surface area contributed by atoms with Crippen molar-refractivity contribution in [3.05, 3.63) is 366 Å². The maximum atomic E-state index is 2.56. The molecule has 16 rings (SSSR count). The molecule has 1 nitrogen and oxygen atoms in total. The molecule has 1 unspecified atom stereocenters. The lowest BCUT2D eigenvalue weighted by Crippen LogP contribution is -2.72. The zero-order valence-electron chi connectivity index (χ0n) is 44.0. The van der Waals surface area contributed by atoms with E-state index >= 15 is 0 Å². The van der Waals surface area contributed by atoms with Gasteiger partial charge in [0, 0.05) is 17.1 Å². The molecule has 13 aromatic carbocycles. The number of nitrogens with zero attached hydrogens (tertiary/aromatic N) is 1. The van der Waals surface area contributed by atoms with Gasteiger partial charge in [-0.05, 0) is 146 Å². The van der Waals surface area contributed by atoms with Crippen LogP contribution in [0, 0.1) is 0 Å². The summed E-state index contributed by atoms with van der Waals surface area (Å²) in [5.74, 6) is 0. The molecular formula is C78H53NSi. The third kappa shape index (κ3) is 6.40. The van der Waals surface area contributed by atoms with Crippen LogP contribution in [-0.2, 0) is 10.8 Å². The van der Waals surface area contributed by atoms with Gasteiger partial charge in [-0.1, -0.05) is 285 Å². The Morgan fingerprint density at radius 3 is 1.20 bits per heavy atom. The van der Waals surface area contributed by atoms with Gasteiger partial charge < -0.3 is 4.90 Å². The summed E-state index contributed by atoms with van der Waals surface area (Å²) in [4.78, 5) is 2.53. The van der Waals surface area contributed by atoms with Gasteiger partial charge in [0.2, 0.25) is 0 Å². The number of hydrogen-bond donors (Lipinski definition) is 0. The van der Waals surface area contributed by atoms with E-state index in [1.54, 1.807) is 0 Å². The molecule has 0 saturated heterocycles. The Labute approximate surface area is 469 Å². The van der Waals surface area contributed by atoms with Gasteiger partial charge >= 0.3 is 0 Å². The van der Waals surface area contributed by atoms with Gasteiger partial charge in [0.15, 0.2) is 8.07 Å². The Morgan fingerprint density at radius 2 is 0.625 bits per heavy atom. The van der Waals surface area contributed by atoms with Crippen molar-refractivity contribution in [1.82, 2.24) is 0 Å². The van der Waals surface area contributed by atoms with Gasteiger partial charge in [-0.15, -0.1) is 0 Å². The average Bonchev–Trinajstić information content (AvgIpc) is 4.16. The van der Waals surface area contributed by atoms with Gasteiger partial charge in [0.25, 0.3) is 0 Å². The summed E-state index contributed by atoms with van der Waals surface area (Å²) in [5.41, 5.74) is 19.9. The van der Waals surface area contributed by atoms with Crippen molar-refractivity contribution < 1.29 is 0 Å². The molecule has 1 heterocycles. The molecule has 0 radical (unpaired) electrons. The van der Waals surface area contributed by atoms with Crippen molar-refractivity contribution in [2.45, 2.75) is 10.8 Å². The lowest BCUT2D eigenvalue weighted by molar-refractivity contribution is 0.768. The standard InChI is InChI=1S/C78H53NSi/c1-6-27-56(28-7-1)77(57-29-8-2-9-30-57)69-40-21-18-37-64(69)66-49-47-60(52-72(66)77)79(59-46-45-54-25-16-17-26-55(54)51-59)61-48-50-67-65-38-19-22-41-70(65)78(73(67)53-61,58-31-10-3-11-32-58)71-42-24-44-75-76(71)68-39-20-23-43-74(68)80(75,62-33-12-4-13-34-62)63-35-14-5-15-36-63/h1-53H. The second-order valence-corrected chi connectivity index (χ2v) is 25.5. The lowest BCUT2D eigenvalue weighted by Gasteiger charge is -2.37. The van der Waals surface area contributed by atoms with Crippen molar-refractivity contribution in [2.75, 3.05) is 4.90 Å². The molecule has 3 aliphatic rings. The molecule has 80 heavy (non-hydrogen) atoms. The monoisotopic (exact) mass is 1030 g/mol. The predicted molar refractivity (Wildman–Crippen MR) is 336 cm³/mol. The minimum atomic E-state index is -2.87. The molecule has 374 valence electrons. The molecule has 1 aliphatic heterocycles. The van der Waals surface area contributed by atoms with Crippen molar-refractivity contribution in [3.63, 3.8) is 0 Å². The van der Waals surface area contributed by atoms with Gasteiger partial charge in [-0.3, -0.25) is 0 Å². The normalized spacial score (nSPS) is 15.5. The Balaban J connectivity index is 0.993. The largest absolute Gasteiger partial charge is 0.310 e. The smallest absolute Gasteiger partial charge is 0.180 e. The van der Waals surface area contributed by atoms with Gasteiger partial charge in [0.1, 0.15) is 0 Å².